The zero-order chi connectivity index (χ0) is 20.1. The van der Waals surface area contributed by atoms with Gasteiger partial charge in [-0.25, -0.2) is 0 Å². The number of hydrogen-bond donors (Lipinski definition) is 3. The Bertz CT molecular complexity index is 999. The third-order valence-corrected chi connectivity index (χ3v) is 4.36. The van der Waals surface area contributed by atoms with Gasteiger partial charge in [0.25, 0.3) is 5.56 Å². The number of H-pyrrole nitrogens is 2. The van der Waals surface area contributed by atoms with E-state index in [2.05, 4.69) is 14.9 Å². The first-order chi connectivity index (χ1) is 13.4. The summed E-state index contributed by atoms with van der Waals surface area (Å²) in [6.07, 6.45) is 0.276. The molecule has 1 amide bonds. The Labute approximate surface area is 159 Å². The molecule has 0 bridgehead atoms. The van der Waals surface area contributed by atoms with E-state index < -0.39 is 24.0 Å². The first-order valence-electron chi connectivity index (χ1n) is 8.60. The van der Waals surface area contributed by atoms with Crippen LogP contribution in [-0.2, 0) is 11.2 Å². The number of carbonyl (C=O) groups is 1. The predicted molar refractivity (Wildman–Crippen MR) is 99.4 cm³/mol. The predicted octanol–water partition coefficient (Wildman–Crippen LogP) is 2.90. The van der Waals surface area contributed by atoms with Crippen molar-refractivity contribution in [1.82, 2.24) is 10.2 Å². The van der Waals surface area contributed by atoms with Crippen molar-refractivity contribution in [3.05, 3.63) is 87.3 Å². The van der Waals surface area contributed by atoms with Gasteiger partial charge in [0.2, 0.25) is 5.91 Å². The van der Waals surface area contributed by atoms with Gasteiger partial charge in [-0.05, 0) is 23.3 Å². The highest BCUT2D eigenvalue weighted by molar-refractivity contribution is 5.75. The molecule has 6 nitrogen and oxygen atoms in total. The average molecular weight is 387 g/mol. The van der Waals surface area contributed by atoms with E-state index in [1.54, 1.807) is 6.07 Å². The van der Waals surface area contributed by atoms with Gasteiger partial charge in [-0.2, -0.15) is 8.78 Å². The van der Waals surface area contributed by atoms with E-state index in [0.29, 0.717) is 23.2 Å². The Morgan fingerprint density at radius 2 is 1.82 bits per heavy atom. The fourth-order valence-corrected chi connectivity index (χ4v) is 3.21. The Morgan fingerprint density at radius 1 is 1.07 bits per heavy atom. The number of aromatic amines is 2. The molecule has 0 aliphatic rings. The number of primary amides is 1. The van der Waals surface area contributed by atoms with E-state index in [1.165, 1.54) is 18.2 Å². The SMILES string of the molecule is NC(=O)C[C@@H](c1cccc(OC(F)F)c1)c1c(Cc2ccccc2)[nH][nH]c1=O. The van der Waals surface area contributed by atoms with Crippen molar-refractivity contribution in [1.29, 1.82) is 0 Å². The summed E-state index contributed by atoms with van der Waals surface area (Å²) in [4.78, 5) is 24.2. The van der Waals surface area contributed by atoms with E-state index in [9.17, 15) is 18.4 Å². The molecule has 1 atom stereocenters. The lowest BCUT2D eigenvalue weighted by atomic mass is 9.87. The van der Waals surface area contributed by atoms with Gasteiger partial charge in [0, 0.05) is 30.0 Å². The standard InChI is InChI=1S/C20H19F2N3O3/c21-20(22)28-14-8-4-7-13(10-14)15(11-17(23)26)18-16(24-25-19(18)27)9-12-5-2-1-3-6-12/h1-8,10,15,20H,9,11H2,(H2,23,26)(H2,24,25,27)/t15-/m0/s1. The second-order valence-electron chi connectivity index (χ2n) is 6.31. The number of amides is 1. The molecule has 3 rings (SSSR count). The molecule has 4 N–H and O–H groups in total. The smallest absolute Gasteiger partial charge is 0.387 e. The van der Waals surface area contributed by atoms with Crippen LogP contribution in [0.3, 0.4) is 0 Å². The maximum atomic E-state index is 12.6. The zero-order valence-corrected chi connectivity index (χ0v) is 14.8. The topological polar surface area (TPSA) is 101 Å². The third kappa shape index (κ3) is 4.64. The highest BCUT2D eigenvalue weighted by Crippen LogP contribution is 2.31. The fraction of sp³-hybridized carbons (Fsp3) is 0.200. The van der Waals surface area contributed by atoms with E-state index >= 15 is 0 Å². The van der Waals surface area contributed by atoms with Gasteiger partial charge in [0.15, 0.2) is 0 Å². The van der Waals surface area contributed by atoms with Crippen LogP contribution in [-0.4, -0.2) is 22.7 Å². The molecule has 0 aliphatic heterocycles. The summed E-state index contributed by atoms with van der Waals surface area (Å²) in [6.45, 7) is -2.98. The van der Waals surface area contributed by atoms with E-state index in [1.807, 2.05) is 30.3 Å². The minimum atomic E-state index is -2.98. The normalized spacial score (nSPS) is 12.1. The van der Waals surface area contributed by atoms with Crippen LogP contribution in [0.1, 0.15) is 34.7 Å². The molecular weight excluding hydrogens is 368 g/mol. The van der Waals surface area contributed by atoms with Crippen LogP contribution in [0, 0.1) is 0 Å². The second kappa shape index (κ2) is 8.51. The van der Waals surface area contributed by atoms with Crippen LogP contribution in [0.2, 0.25) is 0 Å². The largest absolute Gasteiger partial charge is 0.435 e. The van der Waals surface area contributed by atoms with Crippen LogP contribution >= 0.6 is 0 Å². The lowest BCUT2D eigenvalue weighted by molar-refractivity contribution is -0.118. The number of hydrogen-bond acceptors (Lipinski definition) is 3. The van der Waals surface area contributed by atoms with Crippen LogP contribution < -0.4 is 16.0 Å². The molecule has 3 aromatic rings. The molecule has 0 aliphatic carbocycles. The molecule has 0 saturated heterocycles. The van der Waals surface area contributed by atoms with Crippen molar-refractivity contribution in [2.75, 3.05) is 0 Å². The number of nitrogens with two attached hydrogens (primary N) is 1. The monoisotopic (exact) mass is 387 g/mol. The number of rotatable bonds is 8. The van der Waals surface area contributed by atoms with Crippen LogP contribution in [0.4, 0.5) is 8.78 Å². The first-order valence-corrected chi connectivity index (χ1v) is 8.60. The van der Waals surface area contributed by atoms with Crippen molar-refractivity contribution < 1.29 is 18.3 Å². The van der Waals surface area contributed by atoms with Crippen molar-refractivity contribution in [3.8, 4) is 5.75 Å². The molecule has 8 heteroatoms. The van der Waals surface area contributed by atoms with E-state index in [4.69, 9.17) is 5.73 Å². The molecule has 146 valence electrons. The molecular formula is C20H19F2N3O3. The Balaban J connectivity index is 2.02. The number of halogens is 2. The maximum Gasteiger partial charge on any atom is 0.387 e. The van der Waals surface area contributed by atoms with Crippen molar-refractivity contribution in [2.24, 2.45) is 5.73 Å². The second-order valence-corrected chi connectivity index (χ2v) is 6.31. The highest BCUT2D eigenvalue weighted by atomic mass is 19.3. The average Bonchev–Trinajstić information content (AvgIpc) is 3.00. The van der Waals surface area contributed by atoms with E-state index in [0.717, 1.165) is 5.56 Å². The maximum absolute atomic E-state index is 12.6. The van der Waals surface area contributed by atoms with Gasteiger partial charge in [-0.1, -0.05) is 42.5 Å². The van der Waals surface area contributed by atoms with Gasteiger partial charge < -0.3 is 15.6 Å². The molecule has 28 heavy (non-hydrogen) atoms. The van der Waals surface area contributed by atoms with Gasteiger partial charge in [-0.3, -0.25) is 14.7 Å². The number of carbonyl (C=O) groups excluding carboxylic acids is 1. The lowest BCUT2D eigenvalue weighted by Gasteiger charge is -2.17. The molecule has 0 saturated carbocycles. The highest BCUT2D eigenvalue weighted by Gasteiger charge is 2.25. The Hall–Kier alpha value is -3.42. The minimum Gasteiger partial charge on any atom is -0.435 e. The van der Waals surface area contributed by atoms with Crippen LogP contribution in [0.5, 0.6) is 5.75 Å². The molecule has 0 radical (unpaired) electrons. The molecule has 0 fully saturated rings. The lowest BCUT2D eigenvalue weighted by Crippen LogP contribution is -2.21. The number of alkyl halides is 2. The molecule has 0 unspecified atom stereocenters. The van der Waals surface area contributed by atoms with Gasteiger partial charge in [0.1, 0.15) is 5.75 Å². The number of benzene rings is 2. The third-order valence-electron chi connectivity index (χ3n) is 4.36. The summed E-state index contributed by atoms with van der Waals surface area (Å²) in [5.74, 6) is -1.37. The molecule has 1 aromatic heterocycles. The van der Waals surface area contributed by atoms with E-state index in [-0.39, 0.29) is 12.2 Å². The van der Waals surface area contributed by atoms with Crippen molar-refractivity contribution >= 4 is 5.91 Å². The summed E-state index contributed by atoms with van der Waals surface area (Å²) in [5, 5.41) is 5.40. The summed E-state index contributed by atoms with van der Waals surface area (Å²) < 4.78 is 29.5. The van der Waals surface area contributed by atoms with Crippen molar-refractivity contribution in [2.45, 2.75) is 25.4 Å². The number of ether oxygens (including phenoxy) is 1. The zero-order valence-electron chi connectivity index (χ0n) is 14.8. The van der Waals surface area contributed by atoms with Crippen LogP contribution in [0.15, 0.2) is 59.4 Å². The Morgan fingerprint density at radius 3 is 2.50 bits per heavy atom. The Kier molecular flexibility index (Phi) is 5.88. The number of nitrogens with one attached hydrogen (secondary N) is 2. The summed E-state index contributed by atoms with van der Waals surface area (Å²) in [7, 11) is 0. The number of aromatic nitrogens is 2. The fourth-order valence-electron chi connectivity index (χ4n) is 3.21. The summed E-state index contributed by atoms with van der Waals surface area (Å²) in [6, 6.07) is 15.4. The molecule has 1 heterocycles. The van der Waals surface area contributed by atoms with Gasteiger partial charge in [0.05, 0.1) is 0 Å². The van der Waals surface area contributed by atoms with Gasteiger partial charge in [-0.15, -0.1) is 0 Å². The first kappa shape index (κ1) is 19.3. The minimum absolute atomic E-state index is 0.0569. The molecule has 2 aromatic carbocycles. The van der Waals surface area contributed by atoms with Gasteiger partial charge >= 0.3 is 6.61 Å². The van der Waals surface area contributed by atoms with Crippen molar-refractivity contribution in [3.63, 3.8) is 0 Å². The van der Waals surface area contributed by atoms with Crippen LogP contribution in [0.25, 0.3) is 0 Å². The summed E-state index contributed by atoms with van der Waals surface area (Å²) in [5.41, 5.74) is 7.40. The molecule has 0 spiro atoms. The summed E-state index contributed by atoms with van der Waals surface area (Å²) >= 11 is 0. The quantitative estimate of drug-likeness (QED) is 0.554.